The van der Waals surface area contributed by atoms with Crippen LogP contribution in [0.3, 0.4) is 0 Å². The van der Waals surface area contributed by atoms with Gasteiger partial charge in [-0.25, -0.2) is 9.69 Å². The highest BCUT2D eigenvalue weighted by molar-refractivity contribution is 6.23. The van der Waals surface area contributed by atoms with Crippen molar-refractivity contribution >= 4 is 23.5 Å². The number of benzene rings is 2. The molecule has 2 aromatic rings. The fourth-order valence-electron chi connectivity index (χ4n) is 5.11. The molecule has 5 heteroatoms. The largest absolute Gasteiger partial charge is 0.421 e. The van der Waals surface area contributed by atoms with E-state index in [1.54, 1.807) is 48.5 Å². The Hall–Kier alpha value is -2.95. The van der Waals surface area contributed by atoms with Crippen LogP contribution in [0.5, 0.6) is 5.75 Å². The summed E-state index contributed by atoms with van der Waals surface area (Å²) in [6.07, 6.45) is 3.05. The second kappa shape index (κ2) is 6.05. The molecule has 1 saturated heterocycles. The Morgan fingerprint density at radius 1 is 0.852 bits per heavy atom. The number of anilines is 1. The number of hydrogen-bond donors (Lipinski definition) is 0. The van der Waals surface area contributed by atoms with Crippen molar-refractivity contribution < 1.29 is 19.1 Å². The first kappa shape index (κ1) is 16.2. The van der Waals surface area contributed by atoms with Crippen LogP contribution in [0.15, 0.2) is 54.6 Å². The highest BCUT2D eigenvalue weighted by Gasteiger charge is 2.61. The molecule has 2 bridgehead atoms. The van der Waals surface area contributed by atoms with Gasteiger partial charge in [-0.1, -0.05) is 30.3 Å². The lowest BCUT2D eigenvalue weighted by Crippen LogP contribution is -2.33. The van der Waals surface area contributed by atoms with E-state index in [9.17, 15) is 14.4 Å². The monoisotopic (exact) mass is 361 g/mol. The molecule has 0 spiro atoms. The number of nitrogens with zero attached hydrogens (tertiary/aromatic N) is 1. The highest BCUT2D eigenvalue weighted by atomic mass is 16.5. The van der Waals surface area contributed by atoms with Crippen molar-refractivity contribution in [1.82, 2.24) is 0 Å². The molecule has 0 aromatic heterocycles. The van der Waals surface area contributed by atoms with Gasteiger partial charge in [0.05, 0.1) is 23.1 Å². The van der Waals surface area contributed by atoms with Gasteiger partial charge in [0.15, 0.2) is 5.75 Å². The molecule has 27 heavy (non-hydrogen) atoms. The van der Waals surface area contributed by atoms with Crippen LogP contribution < -0.4 is 9.64 Å². The smallest absolute Gasteiger partial charge is 0.343 e. The third-order valence-corrected chi connectivity index (χ3v) is 6.25. The third-order valence-electron chi connectivity index (χ3n) is 6.25. The Bertz CT molecular complexity index is 910. The zero-order valence-corrected chi connectivity index (χ0v) is 14.7. The van der Waals surface area contributed by atoms with E-state index < -0.39 is 5.97 Å². The van der Waals surface area contributed by atoms with Gasteiger partial charge in [0.1, 0.15) is 0 Å². The number of esters is 1. The average Bonchev–Trinajstić information content (AvgIpc) is 3.37. The van der Waals surface area contributed by atoms with Crippen LogP contribution in [0, 0.1) is 23.7 Å². The van der Waals surface area contributed by atoms with Gasteiger partial charge in [-0.05, 0) is 55.4 Å². The van der Waals surface area contributed by atoms with Crippen LogP contribution in [0.1, 0.15) is 29.6 Å². The van der Waals surface area contributed by atoms with Gasteiger partial charge in [0, 0.05) is 0 Å². The number of para-hydroxylation sites is 2. The predicted octanol–water partition coefficient (Wildman–Crippen LogP) is 3.44. The number of carbonyl (C=O) groups excluding carboxylic acids is 3. The summed E-state index contributed by atoms with van der Waals surface area (Å²) in [5, 5.41) is 0. The molecule has 5 rings (SSSR count). The summed E-state index contributed by atoms with van der Waals surface area (Å²) in [6, 6.07) is 15.4. The Kier molecular flexibility index (Phi) is 3.64. The van der Waals surface area contributed by atoms with Crippen LogP contribution in [0.2, 0.25) is 0 Å². The molecule has 0 radical (unpaired) electrons. The van der Waals surface area contributed by atoms with Crippen molar-refractivity contribution in [3.63, 3.8) is 0 Å². The summed E-state index contributed by atoms with van der Waals surface area (Å²) in [5.41, 5.74) is 0.784. The normalized spacial score (nSPS) is 28.5. The van der Waals surface area contributed by atoms with Gasteiger partial charge >= 0.3 is 5.97 Å². The molecular formula is C22H19NO4. The number of fused-ring (bicyclic) bond motifs is 5. The molecule has 3 aliphatic rings. The zero-order valence-electron chi connectivity index (χ0n) is 14.7. The van der Waals surface area contributed by atoms with Crippen molar-refractivity contribution in [2.45, 2.75) is 19.3 Å². The summed E-state index contributed by atoms with van der Waals surface area (Å²) < 4.78 is 5.55. The number of carbonyl (C=O) groups is 3. The fourth-order valence-corrected chi connectivity index (χ4v) is 5.11. The molecule has 5 nitrogen and oxygen atoms in total. The number of imide groups is 1. The van der Waals surface area contributed by atoms with E-state index in [0.717, 1.165) is 19.3 Å². The number of rotatable bonds is 3. The molecule has 3 fully saturated rings. The van der Waals surface area contributed by atoms with E-state index in [-0.39, 0.29) is 29.4 Å². The second-order valence-corrected chi connectivity index (χ2v) is 7.62. The summed E-state index contributed by atoms with van der Waals surface area (Å²) in [7, 11) is 0. The van der Waals surface area contributed by atoms with E-state index in [1.807, 2.05) is 6.07 Å². The number of amides is 2. The van der Waals surface area contributed by atoms with Crippen LogP contribution in [-0.2, 0) is 9.59 Å². The first-order valence-electron chi connectivity index (χ1n) is 9.39. The van der Waals surface area contributed by atoms with Gasteiger partial charge in [-0.2, -0.15) is 0 Å². The molecule has 1 heterocycles. The maximum absolute atomic E-state index is 13.1. The molecule has 0 N–H and O–H groups in total. The fraction of sp³-hybridized carbons (Fsp3) is 0.318. The minimum atomic E-state index is -0.512. The van der Waals surface area contributed by atoms with Crippen molar-refractivity contribution in [2.75, 3.05) is 4.90 Å². The van der Waals surface area contributed by atoms with Crippen LogP contribution in [0.25, 0.3) is 0 Å². The molecule has 2 aromatic carbocycles. The lowest BCUT2D eigenvalue weighted by atomic mass is 9.81. The Balaban J connectivity index is 1.47. The van der Waals surface area contributed by atoms with E-state index in [4.69, 9.17) is 4.74 Å². The van der Waals surface area contributed by atoms with Crippen molar-refractivity contribution in [3.05, 3.63) is 60.2 Å². The van der Waals surface area contributed by atoms with E-state index in [1.165, 1.54) is 4.90 Å². The second-order valence-electron chi connectivity index (χ2n) is 7.62. The van der Waals surface area contributed by atoms with Gasteiger partial charge in [-0.3, -0.25) is 9.59 Å². The van der Waals surface area contributed by atoms with E-state index in [2.05, 4.69) is 0 Å². The van der Waals surface area contributed by atoms with Crippen LogP contribution in [-0.4, -0.2) is 17.8 Å². The van der Waals surface area contributed by atoms with Crippen molar-refractivity contribution in [1.29, 1.82) is 0 Å². The Labute approximate surface area is 156 Å². The molecule has 2 amide bonds. The number of hydrogen-bond acceptors (Lipinski definition) is 4. The summed E-state index contributed by atoms with van der Waals surface area (Å²) >= 11 is 0. The quantitative estimate of drug-likeness (QED) is 0.477. The van der Waals surface area contributed by atoms with Crippen LogP contribution in [0.4, 0.5) is 5.69 Å². The van der Waals surface area contributed by atoms with Gasteiger partial charge < -0.3 is 4.74 Å². The third kappa shape index (κ3) is 2.41. The molecule has 0 unspecified atom stereocenters. The Morgan fingerprint density at radius 2 is 1.44 bits per heavy atom. The molecule has 1 aliphatic heterocycles. The summed E-state index contributed by atoms with van der Waals surface area (Å²) in [6.45, 7) is 0. The Morgan fingerprint density at radius 3 is 2.11 bits per heavy atom. The van der Waals surface area contributed by atoms with Crippen molar-refractivity contribution in [3.8, 4) is 5.75 Å². The predicted molar refractivity (Wildman–Crippen MR) is 98.1 cm³/mol. The van der Waals surface area contributed by atoms with Gasteiger partial charge in [0.25, 0.3) is 0 Å². The van der Waals surface area contributed by atoms with Gasteiger partial charge in [-0.15, -0.1) is 0 Å². The molecule has 4 atom stereocenters. The highest BCUT2D eigenvalue weighted by Crippen LogP contribution is 2.57. The summed E-state index contributed by atoms with van der Waals surface area (Å²) in [4.78, 5) is 39.8. The van der Waals surface area contributed by atoms with Crippen molar-refractivity contribution in [2.24, 2.45) is 23.7 Å². The maximum atomic E-state index is 13.1. The summed E-state index contributed by atoms with van der Waals surface area (Å²) in [5.74, 6) is -0.312. The molecule has 2 saturated carbocycles. The van der Waals surface area contributed by atoms with Gasteiger partial charge in [0.2, 0.25) is 11.8 Å². The standard InChI is InChI=1S/C22H19NO4/c24-20-18-14-10-11-15(12-14)19(18)21(25)23(20)16-8-4-5-9-17(16)27-22(26)13-6-2-1-3-7-13/h1-9,14-15,18-19H,10-12H2/t14-,15-,18-,19-/m0/s1. The minimum Gasteiger partial charge on any atom is -0.421 e. The SMILES string of the molecule is O=C(Oc1ccccc1N1C(=O)[C@H]2[C@H]3CC[C@@H](C3)[C@@H]2C1=O)c1ccccc1. The topological polar surface area (TPSA) is 63.7 Å². The molecular weight excluding hydrogens is 342 g/mol. The first-order chi connectivity index (χ1) is 13.1. The molecule has 136 valence electrons. The maximum Gasteiger partial charge on any atom is 0.343 e. The first-order valence-corrected chi connectivity index (χ1v) is 9.39. The number of ether oxygens (including phenoxy) is 1. The zero-order chi connectivity index (χ0) is 18.5. The lowest BCUT2D eigenvalue weighted by Gasteiger charge is -2.20. The minimum absolute atomic E-state index is 0.139. The van der Waals surface area contributed by atoms with E-state index in [0.29, 0.717) is 23.1 Å². The molecule has 2 aliphatic carbocycles. The average molecular weight is 361 g/mol. The van der Waals surface area contributed by atoms with E-state index >= 15 is 0 Å². The van der Waals surface area contributed by atoms with Crippen LogP contribution >= 0.6 is 0 Å². The lowest BCUT2D eigenvalue weighted by molar-refractivity contribution is -0.123.